The van der Waals surface area contributed by atoms with E-state index in [1.54, 1.807) is 0 Å². The summed E-state index contributed by atoms with van der Waals surface area (Å²) in [6.45, 7) is 0.608. The van der Waals surface area contributed by atoms with Crippen LogP contribution in [0.5, 0.6) is 0 Å². The third-order valence-corrected chi connectivity index (χ3v) is 2.69. The lowest BCUT2D eigenvalue weighted by molar-refractivity contribution is -0.0846. The van der Waals surface area contributed by atoms with Gasteiger partial charge in [0.2, 0.25) is 0 Å². The molecule has 2 aliphatic rings. The van der Waals surface area contributed by atoms with E-state index in [4.69, 9.17) is 14.6 Å². The normalized spacial score (nSPS) is 40.2. The molecule has 0 aromatic rings. The number of fused-ring (bicyclic) bond motifs is 2. The second kappa shape index (κ2) is 3.73. The van der Waals surface area contributed by atoms with Gasteiger partial charge in [-0.15, -0.1) is 0 Å². The fraction of sp³-hybridized carbons (Fsp3) is 1.00. The highest BCUT2D eigenvalue weighted by Gasteiger charge is 2.35. The maximum absolute atomic E-state index is 8.59. The third kappa shape index (κ3) is 1.79. The Morgan fingerprint density at radius 3 is 2.50 bits per heavy atom. The Morgan fingerprint density at radius 2 is 1.92 bits per heavy atom. The van der Waals surface area contributed by atoms with Gasteiger partial charge in [0.05, 0.1) is 31.5 Å². The van der Waals surface area contributed by atoms with Crippen LogP contribution in [0.4, 0.5) is 0 Å². The molecule has 3 heteroatoms. The number of ether oxygens (including phenoxy) is 2. The van der Waals surface area contributed by atoms with E-state index < -0.39 is 0 Å². The molecule has 0 radical (unpaired) electrons. The van der Waals surface area contributed by atoms with Crippen LogP contribution in [0.3, 0.4) is 0 Å². The number of rotatable bonds is 3. The Bertz CT molecular complexity index is 137. The van der Waals surface area contributed by atoms with Crippen molar-refractivity contribution in [3.05, 3.63) is 0 Å². The summed E-state index contributed by atoms with van der Waals surface area (Å²) in [5.41, 5.74) is 0. The summed E-state index contributed by atoms with van der Waals surface area (Å²) in [5, 5.41) is 8.59. The monoisotopic (exact) mass is 172 g/mol. The standard InChI is InChI=1S/C9H16O3/c10-3-4-11-9-5-7-1-2-8(6-9)12-7/h7-10H,1-6H2. The Morgan fingerprint density at radius 1 is 1.25 bits per heavy atom. The smallest absolute Gasteiger partial charge is 0.0701 e. The van der Waals surface area contributed by atoms with Gasteiger partial charge in [-0.1, -0.05) is 0 Å². The number of hydrogen-bond donors (Lipinski definition) is 1. The van der Waals surface area contributed by atoms with Crippen molar-refractivity contribution in [2.24, 2.45) is 0 Å². The zero-order valence-corrected chi connectivity index (χ0v) is 7.24. The van der Waals surface area contributed by atoms with Crippen LogP contribution in [0.1, 0.15) is 25.7 Å². The van der Waals surface area contributed by atoms with E-state index >= 15 is 0 Å². The summed E-state index contributed by atoms with van der Waals surface area (Å²) < 4.78 is 11.1. The van der Waals surface area contributed by atoms with Gasteiger partial charge in [0.25, 0.3) is 0 Å². The van der Waals surface area contributed by atoms with E-state index in [9.17, 15) is 0 Å². The van der Waals surface area contributed by atoms with Crippen LogP contribution in [-0.4, -0.2) is 36.6 Å². The Kier molecular flexibility index (Phi) is 2.63. The first-order valence-corrected chi connectivity index (χ1v) is 4.76. The number of aliphatic hydroxyl groups is 1. The molecule has 0 aliphatic carbocycles. The van der Waals surface area contributed by atoms with E-state index in [2.05, 4.69) is 0 Å². The molecule has 12 heavy (non-hydrogen) atoms. The van der Waals surface area contributed by atoms with Crippen molar-refractivity contribution in [2.75, 3.05) is 13.2 Å². The molecule has 0 spiro atoms. The molecule has 3 nitrogen and oxygen atoms in total. The van der Waals surface area contributed by atoms with Gasteiger partial charge in [-0.05, 0) is 25.7 Å². The summed E-state index contributed by atoms with van der Waals surface area (Å²) >= 11 is 0. The second-order valence-corrected chi connectivity index (χ2v) is 3.65. The fourth-order valence-electron chi connectivity index (χ4n) is 2.16. The first kappa shape index (κ1) is 8.48. The lowest BCUT2D eigenvalue weighted by Gasteiger charge is -2.28. The Labute approximate surface area is 72.7 Å². The third-order valence-electron chi connectivity index (χ3n) is 2.69. The van der Waals surface area contributed by atoms with Gasteiger partial charge in [-0.25, -0.2) is 0 Å². The van der Waals surface area contributed by atoms with Crippen molar-refractivity contribution < 1.29 is 14.6 Å². The molecule has 0 amide bonds. The lowest BCUT2D eigenvalue weighted by Crippen LogP contribution is -2.31. The molecule has 2 unspecified atom stereocenters. The predicted octanol–water partition coefficient (Wildman–Crippen LogP) is 0.705. The van der Waals surface area contributed by atoms with Gasteiger partial charge in [-0.3, -0.25) is 0 Å². The van der Waals surface area contributed by atoms with Crippen molar-refractivity contribution in [1.82, 2.24) is 0 Å². The van der Waals surface area contributed by atoms with Crippen LogP contribution in [0.2, 0.25) is 0 Å². The summed E-state index contributed by atoms with van der Waals surface area (Å²) in [6.07, 6.45) is 5.66. The molecule has 2 atom stereocenters. The molecular formula is C9H16O3. The van der Waals surface area contributed by atoms with Crippen molar-refractivity contribution in [2.45, 2.75) is 44.0 Å². The molecular weight excluding hydrogens is 156 g/mol. The van der Waals surface area contributed by atoms with E-state index in [0.29, 0.717) is 24.9 Å². The van der Waals surface area contributed by atoms with Crippen molar-refractivity contribution >= 4 is 0 Å². The highest BCUT2D eigenvalue weighted by molar-refractivity contribution is 4.84. The molecule has 2 bridgehead atoms. The maximum atomic E-state index is 8.59. The van der Waals surface area contributed by atoms with E-state index in [1.165, 1.54) is 12.8 Å². The topological polar surface area (TPSA) is 38.7 Å². The zero-order chi connectivity index (χ0) is 8.39. The average Bonchev–Trinajstić information content (AvgIpc) is 2.42. The minimum absolute atomic E-state index is 0.132. The van der Waals surface area contributed by atoms with Gasteiger partial charge in [0, 0.05) is 0 Å². The zero-order valence-electron chi connectivity index (χ0n) is 7.24. The summed E-state index contributed by atoms with van der Waals surface area (Å²) in [5.74, 6) is 0. The largest absolute Gasteiger partial charge is 0.394 e. The van der Waals surface area contributed by atoms with Gasteiger partial charge in [-0.2, -0.15) is 0 Å². The van der Waals surface area contributed by atoms with Gasteiger partial charge in [0.1, 0.15) is 0 Å². The molecule has 0 saturated carbocycles. The minimum atomic E-state index is 0.132. The molecule has 2 rings (SSSR count). The van der Waals surface area contributed by atoms with Gasteiger partial charge >= 0.3 is 0 Å². The molecule has 0 aromatic heterocycles. The highest BCUT2D eigenvalue weighted by Crippen LogP contribution is 2.33. The number of aliphatic hydroxyl groups excluding tert-OH is 1. The predicted molar refractivity (Wildman–Crippen MR) is 44.0 cm³/mol. The molecule has 2 aliphatic heterocycles. The maximum Gasteiger partial charge on any atom is 0.0701 e. The van der Waals surface area contributed by atoms with Crippen LogP contribution in [0.15, 0.2) is 0 Å². The molecule has 0 aromatic carbocycles. The minimum Gasteiger partial charge on any atom is -0.394 e. The van der Waals surface area contributed by atoms with Crippen LogP contribution in [0.25, 0.3) is 0 Å². The van der Waals surface area contributed by atoms with Crippen LogP contribution in [-0.2, 0) is 9.47 Å². The van der Waals surface area contributed by atoms with E-state index in [0.717, 1.165) is 12.8 Å². The highest BCUT2D eigenvalue weighted by atomic mass is 16.5. The lowest BCUT2D eigenvalue weighted by atomic mass is 10.1. The van der Waals surface area contributed by atoms with Crippen LogP contribution >= 0.6 is 0 Å². The molecule has 2 heterocycles. The molecule has 2 fully saturated rings. The summed E-state index contributed by atoms with van der Waals surface area (Å²) in [6, 6.07) is 0. The quantitative estimate of drug-likeness (QED) is 0.681. The molecule has 1 N–H and O–H groups in total. The van der Waals surface area contributed by atoms with Crippen molar-refractivity contribution in [3.8, 4) is 0 Å². The summed E-state index contributed by atoms with van der Waals surface area (Å²) in [4.78, 5) is 0. The van der Waals surface area contributed by atoms with E-state index in [1.807, 2.05) is 0 Å². The van der Waals surface area contributed by atoms with Crippen molar-refractivity contribution in [3.63, 3.8) is 0 Å². The number of hydrogen-bond acceptors (Lipinski definition) is 3. The van der Waals surface area contributed by atoms with Crippen molar-refractivity contribution in [1.29, 1.82) is 0 Å². The molecule has 70 valence electrons. The van der Waals surface area contributed by atoms with Crippen LogP contribution < -0.4 is 0 Å². The summed E-state index contributed by atoms with van der Waals surface area (Å²) in [7, 11) is 0. The van der Waals surface area contributed by atoms with Gasteiger partial charge in [0.15, 0.2) is 0 Å². The second-order valence-electron chi connectivity index (χ2n) is 3.65. The Hall–Kier alpha value is -0.120. The fourth-order valence-corrected chi connectivity index (χ4v) is 2.16. The molecule has 2 saturated heterocycles. The SMILES string of the molecule is OCCOC1CC2CCC(C1)O2. The Balaban J connectivity index is 1.78. The van der Waals surface area contributed by atoms with Crippen LogP contribution in [0, 0.1) is 0 Å². The first-order chi connectivity index (χ1) is 5.88. The average molecular weight is 172 g/mol. The van der Waals surface area contributed by atoms with E-state index in [-0.39, 0.29) is 6.61 Å². The van der Waals surface area contributed by atoms with Gasteiger partial charge < -0.3 is 14.6 Å². The first-order valence-electron chi connectivity index (χ1n) is 4.76.